The lowest BCUT2D eigenvalue weighted by Gasteiger charge is -2.32. The molecule has 1 fully saturated rings. The number of rotatable bonds is 4. The van der Waals surface area contributed by atoms with Gasteiger partial charge < -0.3 is 4.90 Å². The number of anilines is 1. The highest BCUT2D eigenvalue weighted by Gasteiger charge is 2.31. The first-order valence-electron chi connectivity index (χ1n) is 7.74. The van der Waals surface area contributed by atoms with Crippen LogP contribution in [0, 0.1) is 15.5 Å². The Morgan fingerprint density at radius 3 is 2.52 bits per heavy atom. The van der Waals surface area contributed by atoms with Gasteiger partial charge in [-0.15, -0.1) is 0 Å². The molecule has 0 bridgehead atoms. The average Bonchev–Trinajstić information content (AvgIpc) is 2.82. The molecule has 1 aliphatic heterocycles. The van der Waals surface area contributed by atoms with E-state index in [4.69, 9.17) is 0 Å². The molecule has 1 atom stereocenters. The monoisotopic (exact) mass is 340 g/mol. The minimum Gasteiger partial charge on any atom is -0.368 e. The van der Waals surface area contributed by atoms with Gasteiger partial charge in [-0.25, -0.2) is 8.42 Å². The lowest BCUT2D eigenvalue weighted by atomic mass is 9.87. The molecule has 1 saturated heterocycles. The zero-order chi connectivity index (χ0) is 17.4. The number of benzene rings is 1. The van der Waals surface area contributed by atoms with Crippen molar-refractivity contribution < 1.29 is 13.3 Å². The number of nitro groups is 1. The van der Waals surface area contributed by atoms with Gasteiger partial charge in [0, 0.05) is 30.6 Å². The van der Waals surface area contributed by atoms with Crippen molar-refractivity contribution in [3.8, 4) is 0 Å². The molecule has 0 saturated carbocycles. The minimum atomic E-state index is -3.65. The molecule has 6 nitrogen and oxygen atoms in total. The third-order valence-corrected chi connectivity index (χ3v) is 5.22. The van der Waals surface area contributed by atoms with Crippen molar-refractivity contribution in [3.63, 3.8) is 0 Å². The maximum absolute atomic E-state index is 11.9. The number of nitro benzene ring substituents is 1. The van der Waals surface area contributed by atoms with Gasteiger partial charge in [-0.05, 0) is 36.8 Å². The second-order valence-corrected chi connectivity index (χ2v) is 9.42. The molecule has 1 aromatic rings. The highest BCUT2D eigenvalue weighted by Crippen LogP contribution is 2.36. The van der Waals surface area contributed by atoms with Gasteiger partial charge in [0.05, 0.1) is 4.92 Å². The van der Waals surface area contributed by atoms with Crippen LogP contribution >= 0.6 is 0 Å². The summed E-state index contributed by atoms with van der Waals surface area (Å²) in [6, 6.07) is 4.75. The molecular weight excluding hydrogens is 316 g/mol. The van der Waals surface area contributed by atoms with Gasteiger partial charge in [0.15, 0.2) is 9.84 Å². The van der Waals surface area contributed by atoms with Crippen molar-refractivity contribution in [1.29, 1.82) is 0 Å². The van der Waals surface area contributed by atoms with Gasteiger partial charge in [0.2, 0.25) is 0 Å². The number of hydrogen-bond acceptors (Lipinski definition) is 5. The van der Waals surface area contributed by atoms with E-state index in [1.807, 2.05) is 0 Å². The molecule has 0 amide bonds. The van der Waals surface area contributed by atoms with E-state index in [-0.39, 0.29) is 16.0 Å². The molecular formula is C16H24N2O4S. The lowest BCUT2D eigenvalue weighted by Crippen LogP contribution is -2.32. The zero-order valence-electron chi connectivity index (χ0n) is 14.1. The summed E-state index contributed by atoms with van der Waals surface area (Å²) in [5, 5.41) is 11.1. The summed E-state index contributed by atoms with van der Waals surface area (Å²) >= 11 is 0. The van der Waals surface area contributed by atoms with E-state index >= 15 is 0 Å². The van der Waals surface area contributed by atoms with E-state index in [2.05, 4.69) is 25.7 Å². The quantitative estimate of drug-likeness (QED) is 0.620. The summed E-state index contributed by atoms with van der Waals surface area (Å²) in [5.41, 5.74) is 0.568. The van der Waals surface area contributed by atoms with Gasteiger partial charge in [-0.3, -0.25) is 10.1 Å². The summed E-state index contributed by atoms with van der Waals surface area (Å²) in [6.07, 6.45) is 4.11. The Balaban J connectivity index is 2.42. The third-order valence-electron chi connectivity index (χ3n) is 4.10. The first-order chi connectivity index (χ1) is 10.5. The second kappa shape index (κ2) is 6.11. The van der Waals surface area contributed by atoms with Gasteiger partial charge in [0.1, 0.15) is 4.90 Å². The van der Waals surface area contributed by atoms with Crippen LogP contribution in [-0.2, 0) is 9.84 Å². The minimum absolute atomic E-state index is 0.174. The summed E-state index contributed by atoms with van der Waals surface area (Å²) in [5.74, 6) is 0. The Morgan fingerprint density at radius 2 is 2.00 bits per heavy atom. The maximum Gasteiger partial charge on any atom is 0.288 e. The Bertz CT molecular complexity index is 707. The zero-order valence-corrected chi connectivity index (χ0v) is 14.9. The normalized spacial score (nSPS) is 19.1. The fourth-order valence-electron chi connectivity index (χ4n) is 3.22. The Kier molecular flexibility index (Phi) is 4.71. The van der Waals surface area contributed by atoms with Crippen LogP contribution in [0.3, 0.4) is 0 Å². The van der Waals surface area contributed by atoms with Crippen LogP contribution in [0.4, 0.5) is 11.4 Å². The molecule has 1 unspecified atom stereocenters. The van der Waals surface area contributed by atoms with Crippen molar-refractivity contribution in [2.75, 3.05) is 17.7 Å². The molecule has 0 aliphatic carbocycles. The van der Waals surface area contributed by atoms with Crippen LogP contribution in [0.2, 0.25) is 0 Å². The van der Waals surface area contributed by atoms with Crippen LogP contribution < -0.4 is 4.90 Å². The highest BCUT2D eigenvalue weighted by molar-refractivity contribution is 7.90. The van der Waals surface area contributed by atoms with E-state index in [1.165, 1.54) is 12.1 Å². The van der Waals surface area contributed by atoms with E-state index < -0.39 is 14.8 Å². The lowest BCUT2D eigenvalue weighted by molar-refractivity contribution is -0.387. The fraction of sp³-hybridized carbons (Fsp3) is 0.625. The van der Waals surface area contributed by atoms with Crippen molar-refractivity contribution in [2.24, 2.45) is 5.41 Å². The summed E-state index contributed by atoms with van der Waals surface area (Å²) in [4.78, 5) is 12.4. The molecule has 1 aliphatic rings. The number of hydrogen-bond donors (Lipinski definition) is 0. The van der Waals surface area contributed by atoms with E-state index in [9.17, 15) is 18.5 Å². The smallest absolute Gasteiger partial charge is 0.288 e. The van der Waals surface area contributed by atoms with Crippen molar-refractivity contribution >= 4 is 21.2 Å². The van der Waals surface area contributed by atoms with E-state index in [1.54, 1.807) is 6.07 Å². The average molecular weight is 340 g/mol. The third kappa shape index (κ3) is 4.22. The fourth-order valence-corrected chi connectivity index (χ4v) is 4.08. The van der Waals surface area contributed by atoms with Crippen LogP contribution in [0.25, 0.3) is 0 Å². The first-order valence-corrected chi connectivity index (χ1v) is 9.63. The molecule has 23 heavy (non-hydrogen) atoms. The Morgan fingerprint density at radius 1 is 1.35 bits per heavy atom. The van der Waals surface area contributed by atoms with Gasteiger partial charge in [-0.2, -0.15) is 0 Å². The molecule has 2 rings (SSSR count). The maximum atomic E-state index is 11.9. The predicted octanol–water partition coefficient (Wildman–Crippen LogP) is 3.40. The van der Waals surface area contributed by atoms with Crippen LogP contribution in [0.15, 0.2) is 23.1 Å². The van der Waals surface area contributed by atoms with Crippen LogP contribution in [0.1, 0.15) is 40.0 Å². The predicted molar refractivity (Wildman–Crippen MR) is 90.6 cm³/mol. The van der Waals surface area contributed by atoms with Crippen molar-refractivity contribution in [2.45, 2.75) is 51.0 Å². The van der Waals surface area contributed by atoms with Crippen molar-refractivity contribution in [1.82, 2.24) is 0 Å². The van der Waals surface area contributed by atoms with Gasteiger partial charge >= 0.3 is 0 Å². The summed E-state index contributed by atoms with van der Waals surface area (Å²) in [6.45, 7) is 7.39. The molecule has 0 aromatic heterocycles. The van der Waals surface area contributed by atoms with Crippen LogP contribution in [0.5, 0.6) is 0 Å². The molecule has 128 valence electrons. The summed E-state index contributed by atoms with van der Waals surface area (Å²) in [7, 11) is -3.65. The number of sulfone groups is 1. The topological polar surface area (TPSA) is 80.5 Å². The SMILES string of the molecule is CC(C)(C)CC1CCCN1c1ccc([N+](=O)[O-])c(S(C)(=O)=O)c1. The van der Waals surface area contributed by atoms with Gasteiger partial charge in [0.25, 0.3) is 5.69 Å². The molecule has 1 heterocycles. The summed E-state index contributed by atoms with van der Waals surface area (Å²) < 4.78 is 23.8. The first kappa shape index (κ1) is 17.7. The second-order valence-electron chi connectivity index (χ2n) is 7.44. The molecule has 0 N–H and O–H groups in total. The Hall–Kier alpha value is -1.63. The van der Waals surface area contributed by atoms with Gasteiger partial charge in [-0.1, -0.05) is 20.8 Å². The van der Waals surface area contributed by atoms with Crippen molar-refractivity contribution in [3.05, 3.63) is 28.3 Å². The van der Waals surface area contributed by atoms with E-state index in [0.717, 1.165) is 37.8 Å². The largest absolute Gasteiger partial charge is 0.368 e. The van der Waals surface area contributed by atoms with Crippen LogP contribution in [-0.4, -0.2) is 32.2 Å². The highest BCUT2D eigenvalue weighted by atomic mass is 32.2. The number of nitrogens with zero attached hydrogens (tertiary/aromatic N) is 2. The molecule has 0 radical (unpaired) electrons. The molecule has 7 heteroatoms. The van der Waals surface area contributed by atoms with E-state index in [0.29, 0.717) is 6.04 Å². The molecule has 0 spiro atoms. The molecule has 1 aromatic carbocycles. The standard InChI is InChI=1S/C16H24N2O4S/c1-16(2,3)11-13-6-5-9-17(13)12-7-8-14(18(19)20)15(10-12)23(4,21)22/h7-8,10,13H,5-6,9,11H2,1-4H3. The Labute approximate surface area is 137 Å².